The van der Waals surface area contributed by atoms with Crippen molar-refractivity contribution < 1.29 is 9.59 Å². The number of carbonyl (C=O) groups excluding carboxylic acids is 2. The van der Waals surface area contributed by atoms with Gasteiger partial charge in [0.05, 0.1) is 22.3 Å². The van der Waals surface area contributed by atoms with Crippen molar-refractivity contribution in [3.05, 3.63) is 40.0 Å². The van der Waals surface area contributed by atoms with Crippen LogP contribution in [0, 0.1) is 17.2 Å². The number of nitrogens with one attached hydrogen (secondary N) is 2. The molecule has 9 heteroatoms. The van der Waals surface area contributed by atoms with Crippen LogP contribution in [0.5, 0.6) is 0 Å². The highest BCUT2D eigenvalue weighted by Crippen LogP contribution is 2.35. The van der Waals surface area contributed by atoms with Crippen LogP contribution < -0.4 is 5.32 Å². The molecule has 0 spiro atoms. The van der Waals surface area contributed by atoms with Crippen LogP contribution in [0.25, 0.3) is 11.3 Å². The highest BCUT2D eigenvalue weighted by molar-refractivity contribution is 6.43. The van der Waals surface area contributed by atoms with Crippen molar-refractivity contribution in [2.75, 3.05) is 19.6 Å². The van der Waals surface area contributed by atoms with E-state index < -0.39 is 0 Å². The predicted molar refractivity (Wildman–Crippen MR) is 141 cm³/mol. The molecule has 1 aromatic heterocycles. The van der Waals surface area contributed by atoms with Crippen molar-refractivity contribution in [2.45, 2.75) is 52.4 Å². The maximum absolute atomic E-state index is 12.8. The smallest absolute Gasteiger partial charge is 0.241 e. The molecule has 190 valence electrons. The van der Waals surface area contributed by atoms with Crippen molar-refractivity contribution in [2.24, 2.45) is 18.9 Å². The van der Waals surface area contributed by atoms with Crippen LogP contribution >= 0.6 is 23.2 Å². The summed E-state index contributed by atoms with van der Waals surface area (Å²) in [6, 6.07) is 7.58. The lowest BCUT2D eigenvalue weighted by atomic mass is 9.91. The second kappa shape index (κ2) is 12.0. The SMILES string of the molecule is CC(=N)C[C@H](CC(C)C)C(=O)NCC(=O)N1CCC(c2cc(-c3cccc(Cl)c3Cl)nn2C)CC1. The molecule has 0 radical (unpaired) electrons. The van der Waals surface area contributed by atoms with Gasteiger partial charge in [-0.25, -0.2) is 0 Å². The van der Waals surface area contributed by atoms with Gasteiger partial charge in [0.25, 0.3) is 0 Å². The van der Waals surface area contributed by atoms with Crippen molar-refractivity contribution >= 4 is 40.7 Å². The Morgan fingerprint density at radius 2 is 1.91 bits per heavy atom. The molecule has 2 aromatic rings. The van der Waals surface area contributed by atoms with Gasteiger partial charge < -0.3 is 15.6 Å². The van der Waals surface area contributed by atoms with Crippen molar-refractivity contribution in [3.8, 4) is 11.3 Å². The van der Waals surface area contributed by atoms with Crippen LogP contribution in [0.3, 0.4) is 0 Å². The average Bonchev–Trinajstić information content (AvgIpc) is 3.19. The van der Waals surface area contributed by atoms with E-state index >= 15 is 0 Å². The quantitative estimate of drug-likeness (QED) is 0.439. The standard InChI is InChI=1S/C26H35Cl2N5O2/c1-16(2)12-19(13-17(3)29)26(35)30-15-24(34)33-10-8-18(9-11-33)23-14-22(31-32(23)4)20-6-5-7-21(27)25(20)28/h5-7,14,16,18-19,29H,8-13,15H2,1-4H3,(H,30,35)/t19-/m0/s1. The Kier molecular flexibility index (Phi) is 9.36. The fourth-order valence-corrected chi connectivity index (χ4v) is 5.16. The van der Waals surface area contributed by atoms with Crippen LogP contribution in [-0.4, -0.2) is 51.8 Å². The Morgan fingerprint density at radius 1 is 1.23 bits per heavy atom. The number of likely N-dealkylation sites (tertiary alicyclic amines) is 1. The number of rotatable bonds is 9. The number of benzene rings is 1. The summed E-state index contributed by atoms with van der Waals surface area (Å²) in [5.74, 6) is 0.155. The van der Waals surface area contributed by atoms with Gasteiger partial charge in [-0.3, -0.25) is 14.3 Å². The van der Waals surface area contributed by atoms with Crippen molar-refractivity contribution in [3.63, 3.8) is 0 Å². The van der Waals surface area contributed by atoms with E-state index in [1.165, 1.54) is 0 Å². The van der Waals surface area contributed by atoms with Gasteiger partial charge in [0, 0.05) is 48.9 Å². The van der Waals surface area contributed by atoms with E-state index in [2.05, 4.69) is 30.3 Å². The topological polar surface area (TPSA) is 91.1 Å². The second-order valence-corrected chi connectivity index (χ2v) is 10.6. The fourth-order valence-electron chi connectivity index (χ4n) is 4.76. The number of carbonyl (C=O) groups is 2. The van der Waals surface area contributed by atoms with Crippen LogP contribution in [0.15, 0.2) is 24.3 Å². The first-order chi connectivity index (χ1) is 16.6. The summed E-state index contributed by atoms with van der Waals surface area (Å²) in [5, 5.41) is 16.2. The maximum atomic E-state index is 12.8. The molecule has 1 fully saturated rings. The Balaban J connectivity index is 1.55. The molecule has 0 unspecified atom stereocenters. The first kappa shape index (κ1) is 27.2. The lowest BCUT2D eigenvalue weighted by molar-refractivity contribution is -0.134. The Morgan fingerprint density at radius 3 is 2.54 bits per heavy atom. The number of halogens is 2. The number of hydrogen-bond donors (Lipinski definition) is 2. The zero-order valence-electron chi connectivity index (χ0n) is 20.9. The van der Waals surface area contributed by atoms with E-state index in [1.54, 1.807) is 13.0 Å². The fraction of sp³-hybridized carbons (Fsp3) is 0.538. The normalized spacial score (nSPS) is 15.3. The summed E-state index contributed by atoms with van der Waals surface area (Å²) in [5.41, 5.74) is 3.18. The zero-order valence-corrected chi connectivity index (χ0v) is 22.4. The molecule has 1 aliphatic rings. The van der Waals surface area contributed by atoms with Gasteiger partial charge in [-0.05, 0) is 50.7 Å². The minimum absolute atomic E-state index is 0.00172. The number of piperidine rings is 1. The largest absolute Gasteiger partial charge is 0.347 e. The molecule has 1 atom stereocenters. The van der Waals surface area contributed by atoms with Crippen molar-refractivity contribution in [1.29, 1.82) is 5.41 Å². The van der Waals surface area contributed by atoms with E-state index in [0.29, 0.717) is 47.6 Å². The third-order valence-corrected chi connectivity index (χ3v) is 7.32. The van der Waals surface area contributed by atoms with E-state index in [4.69, 9.17) is 28.6 Å². The molecule has 0 saturated carbocycles. The van der Waals surface area contributed by atoms with Gasteiger partial charge in [0.2, 0.25) is 11.8 Å². The van der Waals surface area contributed by atoms with E-state index in [9.17, 15) is 9.59 Å². The van der Waals surface area contributed by atoms with E-state index in [-0.39, 0.29) is 30.2 Å². The second-order valence-electron chi connectivity index (χ2n) is 9.86. The molecular formula is C26H35Cl2N5O2. The molecule has 2 heterocycles. The summed E-state index contributed by atoms with van der Waals surface area (Å²) in [7, 11) is 1.92. The van der Waals surface area contributed by atoms with Crippen LogP contribution in [-0.2, 0) is 16.6 Å². The highest BCUT2D eigenvalue weighted by Gasteiger charge is 2.27. The third-order valence-electron chi connectivity index (χ3n) is 6.50. The summed E-state index contributed by atoms with van der Waals surface area (Å²) in [6.45, 7) is 7.09. The maximum Gasteiger partial charge on any atom is 0.241 e. The molecule has 7 nitrogen and oxygen atoms in total. The van der Waals surface area contributed by atoms with Gasteiger partial charge in [-0.15, -0.1) is 0 Å². The summed E-state index contributed by atoms with van der Waals surface area (Å²) >= 11 is 12.6. The lowest BCUT2D eigenvalue weighted by Crippen LogP contribution is -2.45. The first-order valence-electron chi connectivity index (χ1n) is 12.1. The van der Waals surface area contributed by atoms with E-state index in [1.807, 2.05) is 28.8 Å². The molecule has 2 amide bonds. The molecule has 0 aliphatic carbocycles. The van der Waals surface area contributed by atoms with Crippen LogP contribution in [0.1, 0.15) is 58.1 Å². The summed E-state index contributed by atoms with van der Waals surface area (Å²) in [6.07, 6.45) is 2.78. The van der Waals surface area contributed by atoms with Crippen LogP contribution in [0.4, 0.5) is 0 Å². The molecule has 35 heavy (non-hydrogen) atoms. The minimum Gasteiger partial charge on any atom is -0.347 e. The summed E-state index contributed by atoms with van der Waals surface area (Å²) in [4.78, 5) is 27.2. The number of nitrogens with zero attached hydrogens (tertiary/aromatic N) is 3. The van der Waals surface area contributed by atoms with Crippen molar-refractivity contribution in [1.82, 2.24) is 20.0 Å². The number of amides is 2. The molecule has 2 N–H and O–H groups in total. The number of hydrogen-bond acceptors (Lipinski definition) is 4. The van der Waals surface area contributed by atoms with Gasteiger partial charge >= 0.3 is 0 Å². The molecule has 1 saturated heterocycles. The number of aromatic nitrogens is 2. The van der Waals surface area contributed by atoms with Crippen LogP contribution in [0.2, 0.25) is 10.0 Å². The minimum atomic E-state index is -0.266. The molecule has 3 rings (SSSR count). The van der Waals surface area contributed by atoms with Gasteiger partial charge in [-0.2, -0.15) is 5.10 Å². The zero-order chi connectivity index (χ0) is 25.7. The molecule has 1 aliphatic heterocycles. The monoisotopic (exact) mass is 519 g/mol. The lowest BCUT2D eigenvalue weighted by Gasteiger charge is -2.32. The van der Waals surface area contributed by atoms with Gasteiger partial charge in [0.1, 0.15) is 0 Å². The predicted octanol–water partition coefficient (Wildman–Crippen LogP) is 5.31. The molecular weight excluding hydrogens is 485 g/mol. The first-order valence-corrected chi connectivity index (χ1v) is 12.9. The molecule has 0 bridgehead atoms. The van der Waals surface area contributed by atoms with Gasteiger partial charge in [0.15, 0.2) is 0 Å². The summed E-state index contributed by atoms with van der Waals surface area (Å²) < 4.78 is 1.88. The highest BCUT2D eigenvalue weighted by atomic mass is 35.5. The molecule has 1 aromatic carbocycles. The third kappa shape index (κ3) is 7.07. The number of aryl methyl sites for hydroxylation is 1. The Bertz CT molecular complexity index is 1070. The Labute approximate surface area is 217 Å². The van der Waals surface area contributed by atoms with E-state index in [0.717, 1.165) is 29.8 Å². The average molecular weight is 521 g/mol. The Hall–Kier alpha value is -2.38. The van der Waals surface area contributed by atoms with Gasteiger partial charge in [-0.1, -0.05) is 49.2 Å².